The van der Waals surface area contributed by atoms with Gasteiger partial charge in [0.25, 0.3) is 0 Å². The number of aromatic nitrogens is 3. The average Bonchev–Trinajstić information content (AvgIpc) is 3.32. The Kier molecular flexibility index (Phi) is 6.92. The second-order valence-corrected chi connectivity index (χ2v) is 7.34. The Labute approximate surface area is 165 Å². The van der Waals surface area contributed by atoms with Crippen LogP contribution in [0.4, 0.5) is 5.82 Å². The Morgan fingerprint density at radius 3 is 3.04 bits per heavy atom. The largest absolute Gasteiger partial charge is 0.357 e. The van der Waals surface area contributed by atoms with E-state index in [0.29, 0.717) is 17.0 Å². The van der Waals surface area contributed by atoms with E-state index in [4.69, 9.17) is 16.6 Å². The molecule has 2 unspecified atom stereocenters. The van der Waals surface area contributed by atoms with Crippen LogP contribution in [-0.2, 0) is 6.54 Å². The number of hydrogen-bond donors (Lipinski definition) is 2. The van der Waals surface area contributed by atoms with Crippen LogP contribution in [0.25, 0.3) is 0 Å². The quantitative estimate of drug-likeness (QED) is 0.562. The normalized spacial score (nSPS) is 18.6. The topological polar surface area (TPSA) is 70.4 Å². The van der Waals surface area contributed by atoms with Crippen LogP contribution in [0.1, 0.15) is 20.3 Å². The minimum atomic E-state index is 0.322. The SMILES string of the molecule is CCNC(=NCC(C)Cn1cccn1)NC1CCN(c2ncccc2Cl)C1. The summed E-state index contributed by atoms with van der Waals surface area (Å²) in [5, 5.41) is 11.9. The summed E-state index contributed by atoms with van der Waals surface area (Å²) in [7, 11) is 0. The van der Waals surface area contributed by atoms with Crippen molar-refractivity contribution in [1.29, 1.82) is 0 Å². The first-order chi connectivity index (χ1) is 13.2. The van der Waals surface area contributed by atoms with Crippen LogP contribution in [-0.4, -0.2) is 52.9 Å². The van der Waals surface area contributed by atoms with Crippen molar-refractivity contribution in [2.75, 3.05) is 31.1 Å². The maximum absolute atomic E-state index is 6.28. The molecule has 0 amide bonds. The Bertz CT molecular complexity index is 731. The van der Waals surface area contributed by atoms with Gasteiger partial charge >= 0.3 is 0 Å². The van der Waals surface area contributed by atoms with Gasteiger partial charge in [0, 0.05) is 57.4 Å². The van der Waals surface area contributed by atoms with Gasteiger partial charge in [0.05, 0.1) is 5.02 Å². The van der Waals surface area contributed by atoms with Crippen LogP contribution in [0.15, 0.2) is 41.8 Å². The predicted octanol–water partition coefficient (Wildman–Crippen LogP) is 2.40. The van der Waals surface area contributed by atoms with Gasteiger partial charge in [-0.2, -0.15) is 5.10 Å². The first-order valence-corrected chi connectivity index (χ1v) is 9.91. The lowest BCUT2D eigenvalue weighted by Crippen LogP contribution is -2.45. The molecule has 2 N–H and O–H groups in total. The number of halogens is 1. The lowest BCUT2D eigenvalue weighted by Gasteiger charge is -2.20. The molecule has 0 bridgehead atoms. The molecule has 0 saturated carbocycles. The molecule has 3 heterocycles. The van der Waals surface area contributed by atoms with Crippen molar-refractivity contribution in [2.45, 2.75) is 32.9 Å². The molecule has 146 valence electrons. The van der Waals surface area contributed by atoms with Crippen molar-refractivity contribution in [2.24, 2.45) is 10.9 Å². The average molecular weight is 390 g/mol. The second kappa shape index (κ2) is 9.60. The van der Waals surface area contributed by atoms with Crippen LogP contribution >= 0.6 is 11.6 Å². The molecule has 27 heavy (non-hydrogen) atoms. The monoisotopic (exact) mass is 389 g/mol. The number of nitrogens with one attached hydrogen (secondary N) is 2. The number of aliphatic imine (C=N–C) groups is 1. The number of pyridine rings is 1. The maximum atomic E-state index is 6.28. The Morgan fingerprint density at radius 1 is 1.41 bits per heavy atom. The Hall–Kier alpha value is -2.28. The summed E-state index contributed by atoms with van der Waals surface area (Å²) < 4.78 is 1.95. The third-order valence-electron chi connectivity index (χ3n) is 4.53. The number of guanidine groups is 1. The van der Waals surface area contributed by atoms with Gasteiger partial charge in [-0.25, -0.2) is 4.98 Å². The van der Waals surface area contributed by atoms with Gasteiger partial charge in [-0.3, -0.25) is 9.67 Å². The highest BCUT2D eigenvalue weighted by molar-refractivity contribution is 6.32. The molecule has 0 radical (unpaired) electrons. The number of rotatable bonds is 7. The van der Waals surface area contributed by atoms with Crippen LogP contribution in [0.2, 0.25) is 5.02 Å². The van der Waals surface area contributed by atoms with E-state index in [1.807, 2.05) is 29.1 Å². The molecule has 1 aliphatic heterocycles. The minimum Gasteiger partial charge on any atom is -0.357 e. The molecule has 1 aliphatic rings. The highest BCUT2D eigenvalue weighted by atomic mass is 35.5. The van der Waals surface area contributed by atoms with E-state index >= 15 is 0 Å². The maximum Gasteiger partial charge on any atom is 0.191 e. The number of nitrogens with zero attached hydrogens (tertiary/aromatic N) is 5. The molecule has 2 atom stereocenters. The number of anilines is 1. The van der Waals surface area contributed by atoms with Gasteiger partial charge in [0.2, 0.25) is 0 Å². The van der Waals surface area contributed by atoms with Crippen molar-refractivity contribution in [3.63, 3.8) is 0 Å². The summed E-state index contributed by atoms with van der Waals surface area (Å²) in [6.07, 6.45) is 6.61. The van der Waals surface area contributed by atoms with E-state index in [1.54, 1.807) is 12.4 Å². The molecular weight excluding hydrogens is 362 g/mol. The molecule has 2 aromatic heterocycles. The fourth-order valence-corrected chi connectivity index (χ4v) is 3.47. The van der Waals surface area contributed by atoms with Crippen molar-refractivity contribution >= 4 is 23.4 Å². The smallest absolute Gasteiger partial charge is 0.191 e. The minimum absolute atomic E-state index is 0.322. The van der Waals surface area contributed by atoms with Crippen molar-refractivity contribution in [1.82, 2.24) is 25.4 Å². The molecule has 7 nitrogen and oxygen atoms in total. The van der Waals surface area contributed by atoms with E-state index < -0.39 is 0 Å². The fourth-order valence-electron chi connectivity index (χ4n) is 3.23. The van der Waals surface area contributed by atoms with Gasteiger partial charge < -0.3 is 15.5 Å². The first-order valence-electron chi connectivity index (χ1n) is 9.53. The molecule has 3 rings (SSSR count). The molecular formula is C19H28ClN7. The van der Waals surface area contributed by atoms with Crippen molar-refractivity contribution < 1.29 is 0 Å². The zero-order chi connectivity index (χ0) is 19.1. The third kappa shape index (κ3) is 5.60. The summed E-state index contributed by atoms with van der Waals surface area (Å²) in [6, 6.07) is 6.01. The van der Waals surface area contributed by atoms with Gasteiger partial charge in [-0.05, 0) is 37.5 Å². The molecule has 2 aromatic rings. The third-order valence-corrected chi connectivity index (χ3v) is 4.83. The molecule has 0 spiro atoms. The van der Waals surface area contributed by atoms with E-state index in [2.05, 4.69) is 39.5 Å². The molecule has 1 fully saturated rings. The number of hydrogen-bond acceptors (Lipinski definition) is 4. The second-order valence-electron chi connectivity index (χ2n) is 6.94. The fraction of sp³-hybridized carbons (Fsp3) is 0.526. The van der Waals surface area contributed by atoms with E-state index in [-0.39, 0.29) is 0 Å². The zero-order valence-corrected chi connectivity index (χ0v) is 16.7. The Balaban J connectivity index is 1.54. The van der Waals surface area contributed by atoms with Gasteiger partial charge in [-0.15, -0.1) is 0 Å². The predicted molar refractivity (Wildman–Crippen MR) is 110 cm³/mol. The zero-order valence-electron chi connectivity index (χ0n) is 16.0. The summed E-state index contributed by atoms with van der Waals surface area (Å²) in [5.41, 5.74) is 0. The van der Waals surface area contributed by atoms with Crippen LogP contribution in [0.5, 0.6) is 0 Å². The summed E-state index contributed by atoms with van der Waals surface area (Å²) in [4.78, 5) is 11.4. The van der Waals surface area contributed by atoms with E-state index in [0.717, 1.165) is 50.9 Å². The van der Waals surface area contributed by atoms with Gasteiger partial charge in [0.1, 0.15) is 5.82 Å². The molecule has 8 heteroatoms. The Morgan fingerprint density at radius 2 is 2.30 bits per heavy atom. The summed E-state index contributed by atoms with van der Waals surface area (Å²) in [6.45, 7) is 8.52. The molecule has 0 aliphatic carbocycles. The summed E-state index contributed by atoms with van der Waals surface area (Å²) >= 11 is 6.28. The van der Waals surface area contributed by atoms with Crippen LogP contribution in [0, 0.1) is 5.92 Å². The van der Waals surface area contributed by atoms with Crippen molar-refractivity contribution in [3.05, 3.63) is 41.8 Å². The first kappa shape index (κ1) is 19.5. The van der Waals surface area contributed by atoms with Gasteiger partial charge in [-0.1, -0.05) is 18.5 Å². The molecule has 0 aromatic carbocycles. The van der Waals surface area contributed by atoms with E-state index in [1.165, 1.54) is 0 Å². The lowest BCUT2D eigenvalue weighted by molar-refractivity contribution is 0.457. The highest BCUT2D eigenvalue weighted by Gasteiger charge is 2.25. The lowest BCUT2D eigenvalue weighted by atomic mass is 10.2. The molecule has 1 saturated heterocycles. The van der Waals surface area contributed by atoms with Gasteiger partial charge in [0.15, 0.2) is 5.96 Å². The summed E-state index contributed by atoms with van der Waals surface area (Å²) in [5.74, 6) is 2.13. The van der Waals surface area contributed by atoms with Crippen LogP contribution < -0.4 is 15.5 Å². The van der Waals surface area contributed by atoms with Crippen molar-refractivity contribution in [3.8, 4) is 0 Å². The van der Waals surface area contributed by atoms with Crippen LogP contribution in [0.3, 0.4) is 0 Å². The van der Waals surface area contributed by atoms with E-state index in [9.17, 15) is 0 Å². The standard InChI is InChI=1S/C19H28ClN7/c1-3-21-19(23-12-15(2)13-27-10-5-9-24-27)25-16-7-11-26(14-16)18-17(20)6-4-8-22-18/h4-6,8-10,15-16H,3,7,11-14H2,1-2H3,(H2,21,23,25). The highest BCUT2D eigenvalue weighted by Crippen LogP contribution is 2.25.